The van der Waals surface area contributed by atoms with E-state index < -0.39 is 0 Å². The Morgan fingerprint density at radius 3 is 2.78 bits per heavy atom. The summed E-state index contributed by atoms with van der Waals surface area (Å²) in [5.74, 6) is 0.978. The van der Waals surface area contributed by atoms with Crippen molar-refractivity contribution in [2.45, 2.75) is 26.4 Å². The van der Waals surface area contributed by atoms with Crippen LogP contribution in [-0.4, -0.2) is 21.7 Å². The summed E-state index contributed by atoms with van der Waals surface area (Å²) in [6.45, 7) is 3.75. The zero-order chi connectivity index (χ0) is 13.1. The van der Waals surface area contributed by atoms with Crippen LogP contribution >= 0.6 is 15.9 Å². The molecule has 0 saturated heterocycles. The molecule has 0 radical (unpaired) electrons. The number of nitrogens with zero attached hydrogens (tertiary/aromatic N) is 3. The average Bonchev–Trinajstić information content (AvgIpc) is 2.92. The maximum Gasteiger partial charge on any atom is 0.117 e. The van der Waals surface area contributed by atoms with Crippen LogP contribution in [0.4, 0.5) is 0 Å². The quantitative estimate of drug-likeness (QED) is 0.851. The van der Waals surface area contributed by atoms with E-state index in [1.807, 2.05) is 23.9 Å². The molecule has 0 spiro atoms. The van der Waals surface area contributed by atoms with Crippen LogP contribution in [0.3, 0.4) is 0 Å². The summed E-state index contributed by atoms with van der Waals surface area (Å²) in [7, 11) is 4.06. The highest BCUT2D eigenvalue weighted by molar-refractivity contribution is 9.10. The normalized spacial score (nSPS) is 11.4. The highest BCUT2D eigenvalue weighted by Crippen LogP contribution is 2.23. The van der Waals surface area contributed by atoms with Gasteiger partial charge >= 0.3 is 0 Å². The van der Waals surface area contributed by atoms with Gasteiger partial charge in [-0.25, -0.2) is 0 Å². The van der Waals surface area contributed by atoms with Gasteiger partial charge in [-0.3, -0.25) is 9.58 Å². The van der Waals surface area contributed by atoms with Crippen molar-refractivity contribution >= 4 is 15.9 Å². The average molecular weight is 312 g/mol. The van der Waals surface area contributed by atoms with Gasteiger partial charge in [0.25, 0.3) is 0 Å². The van der Waals surface area contributed by atoms with Gasteiger partial charge in [-0.1, -0.05) is 6.92 Å². The third-order valence-corrected chi connectivity index (χ3v) is 3.84. The Bertz CT molecular complexity index is 505. The number of hydrogen-bond donors (Lipinski definition) is 0. The molecule has 0 N–H and O–H groups in total. The molecule has 0 fully saturated rings. The third kappa shape index (κ3) is 2.84. The van der Waals surface area contributed by atoms with E-state index in [-0.39, 0.29) is 0 Å². The van der Waals surface area contributed by atoms with Crippen LogP contribution in [0.2, 0.25) is 0 Å². The van der Waals surface area contributed by atoms with Crippen LogP contribution in [0.15, 0.2) is 27.3 Å². The van der Waals surface area contributed by atoms with Gasteiger partial charge in [0, 0.05) is 13.6 Å². The van der Waals surface area contributed by atoms with Gasteiger partial charge in [0.1, 0.15) is 5.76 Å². The number of halogens is 1. The molecule has 0 aliphatic carbocycles. The first-order valence-electron chi connectivity index (χ1n) is 6.03. The fourth-order valence-electron chi connectivity index (χ4n) is 1.97. The second-order valence-electron chi connectivity index (χ2n) is 4.44. The minimum atomic E-state index is 0.798. The highest BCUT2D eigenvalue weighted by Gasteiger charge is 2.14. The predicted molar refractivity (Wildman–Crippen MR) is 74.2 cm³/mol. The monoisotopic (exact) mass is 311 g/mol. The molecule has 2 heterocycles. The molecule has 0 amide bonds. The lowest BCUT2D eigenvalue weighted by Gasteiger charge is -2.15. The summed E-state index contributed by atoms with van der Waals surface area (Å²) in [4.78, 5) is 2.21. The van der Waals surface area contributed by atoms with E-state index in [0.29, 0.717) is 0 Å². The van der Waals surface area contributed by atoms with Crippen LogP contribution in [0.25, 0.3) is 0 Å². The first-order valence-corrected chi connectivity index (χ1v) is 6.82. The molecule has 0 saturated carbocycles. The molecule has 0 aliphatic rings. The summed E-state index contributed by atoms with van der Waals surface area (Å²) in [5.41, 5.74) is 2.31. The van der Waals surface area contributed by atoms with Crippen molar-refractivity contribution < 1.29 is 4.42 Å². The topological polar surface area (TPSA) is 34.2 Å². The van der Waals surface area contributed by atoms with Crippen LogP contribution in [0.1, 0.15) is 24.1 Å². The fourth-order valence-corrected chi connectivity index (χ4v) is 2.71. The lowest BCUT2D eigenvalue weighted by atomic mass is 10.3. The van der Waals surface area contributed by atoms with Gasteiger partial charge in [-0.15, -0.1) is 0 Å². The van der Waals surface area contributed by atoms with Crippen LogP contribution in [-0.2, 0) is 26.6 Å². The summed E-state index contributed by atoms with van der Waals surface area (Å²) in [5, 5.41) is 4.50. The first kappa shape index (κ1) is 13.4. The van der Waals surface area contributed by atoms with Crippen molar-refractivity contribution in [3.63, 3.8) is 0 Å². The van der Waals surface area contributed by atoms with Gasteiger partial charge in [-0.05, 0) is 41.5 Å². The largest absolute Gasteiger partial charge is 0.468 e. The van der Waals surface area contributed by atoms with Crippen molar-refractivity contribution in [2.24, 2.45) is 7.05 Å². The first-order chi connectivity index (χ1) is 8.61. The second kappa shape index (κ2) is 5.71. The zero-order valence-electron chi connectivity index (χ0n) is 11.0. The van der Waals surface area contributed by atoms with Crippen LogP contribution in [0.5, 0.6) is 0 Å². The Hall–Kier alpha value is -1.07. The summed E-state index contributed by atoms with van der Waals surface area (Å²) < 4.78 is 8.42. The molecule has 18 heavy (non-hydrogen) atoms. The van der Waals surface area contributed by atoms with E-state index in [9.17, 15) is 0 Å². The van der Waals surface area contributed by atoms with E-state index in [1.54, 1.807) is 6.26 Å². The van der Waals surface area contributed by atoms with E-state index in [0.717, 1.165) is 35.4 Å². The molecule has 0 aromatic carbocycles. The summed E-state index contributed by atoms with van der Waals surface area (Å²) in [6.07, 6.45) is 2.65. The van der Waals surface area contributed by atoms with Crippen molar-refractivity contribution in [3.05, 3.63) is 40.0 Å². The molecule has 0 bridgehead atoms. The van der Waals surface area contributed by atoms with Gasteiger partial charge in [0.2, 0.25) is 0 Å². The maximum atomic E-state index is 5.35. The molecule has 5 heteroatoms. The molecule has 2 rings (SSSR count). The van der Waals surface area contributed by atoms with Crippen molar-refractivity contribution in [1.29, 1.82) is 0 Å². The zero-order valence-corrected chi connectivity index (χ0v) is 12.6. The van der Waals surface area contributed by atoms with Gasteiger partial charge < -0.3 is 4.42 Å². The summed E-state index contributed by atoms with van der Waals surface area (Å²) in [6, 6.07) is 3.91. The van der Waals surface area contributed by atoms with E-state index in [2.05, 4.69) is 39.9 Å². The Kier molecular flexibility index (Phi) is 4.24. The number of aromatic nitrogens is 2. The molecule has 0 atom stereocenters. The van der Waals surface area contributed by atoms with E-state index >= 15 is 0 Å². The molecule has 98 valence electrons. The Morgan fingerprint density at radius 2 is 2.22 bits per heavy atom. The van der Waals surface area contributed by atoms with Crippen LogP contribution < -0.4 is 0 Å². The minimum absolute atomic E-state index is 0.798. The van der Waals surface area contributed by atoms with E-state index in [4.69, 9.17) is 4.42 Å². The Labute approximate surface area is 116 Å². The lowest BCUT2D eigenvalue weighted by Crippen LogP contribution is -2.19. The molecule has 2 aromatic heterocycles. The standard InChI is InChI=1S/C13H18BrN3O/c1-4-11-13(14)12(17(3)15-11)9-16(2)8-10-6-5-7-18-10/h5-7H,4,8-9H2,1-3H3. The summed E-state index contributed by atoms with van der Waals surface area (Å²) >= 11 is 3.64. The van der Waals surface area contributed by atoms with Crippen LogP contribution in [0, 0.1) is 0 Å². The van der Waals surface area contributed by atoms with Gasteiger partial charge in [0.15, 0.2) is 0 Å². The third-order valence-electron chi connectivity index (χ3n) is 2.93. The molecule has 2 aromatic rings. The number of rotatable bonds is 5. The van der Waals surface area contributed by atoms with Gasteiger partial charge in [0.05, 0.1) is 28.7 Å². The smallest absolute Gasteiger partial charge is 0.117 e. The molecule has 4 nitrogen and oxygen atoms in total. The number of furan rings is 1. The fraction of sp³-hybridized carbons (Fsp3) is 0.462. The molecule has 0 aliphatic heterocycles. The Morgan fingerprint density at radius 1 is 1.44 bits per heavy atom. The van der Waals surface area contributed by atoms with Crippen molar-refractivity contribution in [2.75, 3.05) is 7.05 Å². The number of hydrogen-bond acceptors (Lipinski definition) is 3. The SMILES string of the molecule is CCc1nn(C)c(CN(C)Cc2ccco2)c1Br. The van der Waals surface area contributed by atoms with E-state index in [1.165, 1.54) is 5.69 Å². The molecular weight excluding hydrogens is 294 g/mol. The number of aryl methyl sites for hydroxylation is 2. The Balaban J connectivity index is 2.07. The second-order valence-corrected chi connectivity index (χ2v) is 5.23. The van der Waals surface area contributed by atoms with Crippen molar-refractivity contribution in [1.82, 2.24) is 14.7 Å². The predicted octanol–water partition coefficient (Wildman–Crippen LogP) is 2.97. The molecule has 0 unspecified atom stereocenters. The lowest BCUT2D eigenvalue weighted by molar-refractivity contribution is 0.280. The molecular formula is C13H18BrN3O. The minimum Gasteiger partial charge on any atom is -0.468 e. The van der Waals surface area contributed by atoms with Crippen molar-refractivity contribution in [3.8, 4) is 0 Å². The maximum absolute atomic E-state index is 5.35. The van der Waals surface area contributed by atoms with Gasteiger partial charge in [-0.2, -0.15) is 5.10 Å². The highest BCUT2D eigenvalue weighted by atomic mass is 79.9.